The second-order valence-electron chi connectivity index (χ2n) is 5.49. The van der Waals surface area contributed by atoms with Gasteiger partial charge in [0.15, 0.2) is 0 Å². The maximum atomic E-state index is 12.3. The molecule has 1 aromatic rings. The Morgan fingerprint density at radius 2 is 1.96 bits per heavy atom. The lowest BCUT2D eigenvalue weighted by Gasteiger charge is -2.21. The standard InChI is InChI=1S/C15H20N4O4S/c1-3-6-16-12(20)9-17(2)10-19-14(22)13(21)18(15(19)23)8-11-5-4-7-24-11/h4-5,7H,3,6,8-10H2,1-2H3,(H,16,20). The molecule has 5 amide bonds. The fraction of sp³-hybridized carbons (Fsp3) is 0.467. The minimum absolute atomic E-state index is 0.0379. The molecule has 0 aromatic carbocycles. The van der Waals surface area contributed by atoms with Crippen LogP contribution in [0.1, 0.15) is 18.2 Å². The largest absolute Gasteiger partial charge is 0.355 e. The molecule has 24 heavy (non-hydrogen) atoms. The number of amides is 5. The van der Waals surface area contributed by atoms with E-state index in [1.807, 2.05) is 18.4 Å². The van der Waals surface area contributed by atoms with Crippen molar-refractivity contribution in [3.05, 3.63) is 22.4 Å². The molecule has 0 aliphatic carbocycles. The lowest BCUT2D eigenvalue weighted by atomic mass is 10.4. The van der Waals surface area contributed by atoms with Crippen LogP contribution in [0.25, 0.3) is 0 Å². The fourth-order valence-electron chi connectivity index (χ4n) is 2.23. The number of likely N-dealkylation sites (N-methyl/N-ethyl adjacent to an activating group) is 1. The van der Waals surface area contributed by atoms with E-state index in [4.69, 9.17) is 0 Å². The second kappa shape index (κ2) is 8.02. The topological polar surface area (TPSA) is 90.0 Å². The van der Waals surface area contributed by atoms with Crippen LogP contribution in [0.15, 0.2) is 17.5 Å². The average molecular weight is 352 g/mol. The molecule has 1 aromatic heterocycles. The summed E-state index contributed by atoms with van der Waals surface area (Å²) in [6, 6.07) is 2.95. The molecule has 1 aliphatic rings. The van der Waals surface area contributed by atoms with E-state index in [1.165, 1.54) is 16.2 Å². The van der Waals surface area contributed by atoms with Crippen LogP contribution in [0.4, 0.5) is 4.79 Å². The summed E-state index contributed by atoms with van der Waals surface area (Å²) < 4.78 is 0. The van der Waals surface area contributed by atoms with E-state index in [1.54, 1.807) is 13.1 Å². The number of imide groups is 2. The maximum Gasteiger partial charge on any atom is 0.335 e. The van der Waals surface area contributed by atoms with Crippen LogP contribution in [0.5, 0.6) is 0 Å². The summed E-state index contributed by atoms with van der Waals surface area (Å²) in [5.41, 5.74) is 0. The molecular formula is C15H20N4O4S. The van der Waals surface area contributed by atoms with E-state index in [0.717, 1.165) is 21.1 Å². The normalized spacial score (nSPS) is 14.9. The van der Waals surface area contributed by atoms with Gasteiger partial charge in [-0.25, -0.2) is 9.69 Å². The molecule has 9 heteroatoms. The molecule has 0 bridgehead atoms. The number of urea groups is 1. The molecular weight excluding hydrogens is 332 g/mol. The van der Waals surface area contributed by atoms with Gasteiger partial charge in [-0.3, -0.25) is 24.2 Å². The summed E-state index contributed by atoms with van der Waals surface area (Å²) >= 11 is 1.41. The lowest BCUT2D eigenvalue weighted by Crippen LogP contribution is -2.44. The number of carbonyl (C=O) groups excluding carboxylic acids is 4. The van der Waals surface area contributed by atoms with Gasteiger partial charge in [-0.15, -0.1) is 11.3 Å². The third-order valence-electron chi connectivity index (χ3n) is 3.40. The number of hydrogen-bond acceptors (Lipinski definition) is 6. The molecule has 130 valence electrons. The monoisotopic (exact) mass is 352 g/mol. The summed E-state index contributed by atoms with van der Waals surface area (Å²) in [4.78, 5) is 52.2. The first-order chi connectivity index (χ1) is 11.4. The van der Waals surface area contributed by atoms with E-state index >= 15 is 0 Å². The van der Waals surface area contributed by atoms with Gasteiger partial charge in [0, 0.05) is 11.4 Å². The molecule has 2 heterocycles. The predicted octanol–water partition coefficient (Wildman–Crippen LogP) is 0.454. The van der Waals surface area contributed by atoms with E-state index in [2.05, 4.69) is 5.32 Å². The highest BCUT2D eigenvalue weighted by atomic mass is 32.1. The van der Waals surface area contributed by atoms with E-state index in [0.29, 0.717) is 6.54 Å². The Bertz CT molecular complexity index is 631. The summed E-state index contributed by atoms with van der Waals surface area (Å²) in [5, 5.41) is 4.55. The predicted molar refractivity (Wildman–Crippen MR) is 87.9 cm³/mol. The zero-order chi connectivity index (χ0) is 17.7. The number of thiophene rings is 1. The van der Waals surface area contributed by atoms with Crippen molar-refractivity contribution < 1.29 is 19.2 Å². The SMILES string of the molecule is CCCNC(=O)CN(C)CN1C(=O)C(=O)N(Cc2cccs2)C1=O. The molecule has 0 saturated carbocycles. The van der Waals surface area contributed by atoms with Crippen LogP contribution in [0.2, 0.25) is 0 Å². The molecule has 0 atom stereocenters. The van der Waals surface area contributed by atoms with Crippen molar-refractivity contribution in [2.75, 3.05) is 26.8 Å². The lowest BCUT2D eigenvalue weighted by molar-refractivity contribution is -0.144. The van der Waals surface area contributed by atoms with Crippen molar-refractivity contribution in [3.63, 3.8) is 0 Å². The van der Waals surface area contributed by atoms with Crippen molar-refractivity contribution in [3.8, 4) is 0 Å². The van der Waals surface area contributed by atoms with Gasteiger partial charge < -0.3 is 5.32 Å². The summed E-state index contributed by atoms with van der Waals surface area (Å²) in [6.07, 6.45) is 0.824. The van der Waals surface area contributed by atoms with Gasteiger partial charge in [-0.2, -0.15) is 0 Å². The van der Waals surface area contributed by atoms with Crippen molar-refractivity contribution in [1.29, 1.82) is 0 Å². The number of hydrogen-bond donors (Lipinski definition) is 1. The Balaban J connectivity index is 1.95. The highest BCUT2D eigenvalue weighted by Crippen LogP contribution is 2.18. The summed E-state index contributed by atoms with van der Waals surface area (Å²) in [6.45, 7) is 2.53. The zero-order valence-electron chi connectivity index (χ0n) is 13.7. The van der Waals surface area contributed by atoms with Crippen LogP contribution >= 0.6 is 11.3 Å². The third-order valence-corrected chi connectivity index (χ3v) is 4.26. The number of nitrogens with zero attached hydrogens (tertiary/aromatic N) is 3. The van der Waals surface area contributed by atoms with Crippen molar-refractivity contribution in [2.24, 2.45) is 0 Å². The molecule has 0 spiro atoms. The second-order valence-corrected chi connectivity index (χ2v) is 6.52. The number of rotatable bonds is 8. The molecule has 1 saturated heterocycles. The Labute approximate surface area is 144 Å². The zero-order valence-corrected chi connectivity index (χ0v) is 14.5. The average Bonchev–Trinajstić information content (AvgIpc) is 3.12. The van der Waals surface area contributed by atoms with Gasteiger partial charge in [0.2, 0.25) is 5.91 Å². The first kappa shape index (κ1) is 18.1. The molecule has 0 unspecified atom stereocenters. The summed E-state index contributed by atoms with van der Waals surface area (Å²) in [5.74, 6) is -1.89. The van der Waals surface area contributed by atoms with Gasteiger partial charge >= 0.3 is 17.8 Å². The first-order valence-electron chi connectivity index (χ1n) is 7.59. The Kier molecular flexibility index (Phi) is 6.04. The highest BCUT2D eigenvalue weighted by molar-refractivity contribution is 7.09. The van der Waals surface area contributed by atoms with Crippen LogP contribution in [0.3, 0.4) is 0 Å². The van der Waals surface area contributed by atoms with Crippen molar-refractivity contribution >= 4 is 35.1 Å². The van der Waals surface area contributed by atoms with Gasteiger partial charge in [-0.05, 0) is 24.9 Å². The van der Waals surface area contributed by atoms with E-state index < -0.39 is 17.8 Å². The van der Waals surface area contributed by atoms with Crippen LogP contribution < -0.4 is 5.32 Å². The van der Waals surface area contributed by atoms with Gasteiger partial charge in [0.05, 0.1) is 19.8 Å². The van der Waals surface area contributed by atoms with Crippen molar-refractivity contribution in [2.45, 2.75) is 19.9 Å². The van der Waals surface area contributed by atoms with E-state index in [9.17, 15) is 19.2 Å². The maximum absolute atomic E-state index is 12.3. The molecule has 2 rings (SSSR count). The molecule has 1 N–H and O–H groups in total. The minimum atomic E-state index is -0.864. The van der Waals surface area contributed by atoms with Crippen LogP contribution in [-0.2, 0) is 20.9 Å². The number of carbonyl (C=O) groups is 4. The van der Waals surface area contributed by atoms with Crippen LogP contribution in [-0.4, -0.2) is 65.3 Å². The third kappa shape index (κ3) is 4.18. The highest BCUT2D eigenvalue weighted by Gasteiger charge is 2.44. The van der Waals surface area contributed by atoms with E-state index in [-0.39, 0.29) is 25.7 Å². The molecule has 1 aliphatic heterocycles. The van der Waals surface area contributed by atoms with Gasteiger partial charge in [0.25, 0.3) is 0 Å². The minimum Gasteiger partial charge on any atom is -0.355 e. The molecule has 1 fully saturated rings. The summed E-state index contributed by atoms with van der Waals surface area (Å²) in [7, 11) is 1.61. The number of nitrogens with one attached hydrogen (secondary N) is 1. The Hall–Kier alpha value is -2.26. The quantitative estimate of drug-likeness (QED) is 0.542. The van der Waals surface area contributed by atoms with Crippen molar-refractivity contribution in [1.82, 2.24) is 20.0 Å². The Morgan fingerprint density at radius 1 is 1.25 bits per heavy atom. The molecule has 0 radical (unpaired) electrons. The Morgan fingerprint density at radius 3 is 2.58 bits per heavy atom. The van der Waals surface area contributed by atoms with Gasteiger partial charge in [-0.1, -0.05) is 13.0 Å². The van der Waals surface area contributed by atoms with Gasteiger partial charge in [0.1, 0.15) is 0 Å². The smallest absolute Gasteiger partial charge is 0.335 e. The van der Waals surface area contributed by atoms with Crippen LogP contribution in [0, 0.1) is 0 Å². The fourth-order valence-corrected chi connectivity index (χ4v) is 2.92. The molecule has 8 nitrogen and oxygen atoms in total. The first-order valence-corrected chi connectivity index (χ1v) is 8.47.